The summed E-state index contributed by atoms with van der Waals surface area (Å²) in [5.41, 5.74) is 1.02. The first-order valence-electron chi connectivity index (χ1n) is 9.10. The highest BCUT2D eigenvalue weighted by molar-refractivity contribution is 5.57. The quantitative estimate of drug-likeness (QED) is 0.624. The van der Waals surface area contributed by atoms with E-state index in [-0.39, 0.29) is 29.2 Å². The summed E-state index contributed by atoms with van der Waals surface area (Å²) < 4.78 is 6.65. The zero-order chi connectivity index (χ0) is 20.8. The first-order chi connectivity index (χ1) is 14.1. The van der Waals surface area contributed by atoms with Gasteiger partial charge in [0.2, 0.25) is 5.88 Å². The summed E-state index contributed by atoms with van der Waals surface area (Å²) in [6, 6.07) is 18.2. The smallest absolute Gasteiger partial charge is 0.281 e. The van der Waals surface area contributed by atoms with Gasteiger partial charge in [-0.25, -0.2) is 0 Å². The lowest BCUT2D eigenvalue weighted by atomic mass is 10.1. The van der Waals surface area contributed by atoms with Crippen molar-refractivity contribution < 1.29 is 9.84 Å². The zero-order valence-corrected chi connectivity index (χ0v) is 16.2. The fourth-order valence-corrected chi connectivity index (χ4v) is 2.89. The average Bonchev–Trinajstić information content (AvgIpc) is 2.73. The number of hydrogen-bond acceptors (Lipinski definition) is 6. The third-order valence-corrected chi connectivity index (χ3v) is 4.38. The molecule has 0 aliphatic rings. The maximum Gasteiger partial charge on any atom is 0.281 e. The van der Waals surface area contributed by atoms with Crippen LogP contribution in [0.25, 0.3) is 0 Å². The largest absolute Gasteiger partial charge is 0.493 e. The third kappa shape index (κ3) is 4.17. The van der Waals surface area contributed by atoms with Crippen LogP contribution >= 0.6 is 0 Å². The van der Waals surface area contributed by atoms with Crippen LogP contribution in [-0.2, 0) is 6.54 Å². The monoisotopic (exact) mass is 388 g/mol. The molecular weight excluding hydrogens is 368 g/mol. The molecule has 0 spiro atoms. The standard InChI is InChI=1S/C22H20N4O3/c1-3-29-19-12-8-7-11-18(19)24-25-20-15(2)17(13-23)21(27)26(22(20)28)14-16-9-5-4-6-10-16/h4-12,27H,3,14H2,1-2H3. The molecule has 0 saturated carbocycles. The number of nitriles is 1. The van der Waals surface area contributed by atoms with Crippen molar-refractivity contribution in [2.45, 2.75) is 20.4 Å². The molecule has 0 radical (unpaired) electrons. The topological polar surface area (TPSA) is 100.0 Å². The first kappa shape index (κ1) is 19.8. The van der Waals surface area contributed by atoms with Crippen LogP contribution in [0.1, 0.15) is 23.6 Å². The van der Waals surface area contributed by atoms with Crippen LogP contribution in [0.4, 0.5) is 11.4 Å². The van der Waals surface area contributed by atoms with Crippen LogP contribution in [0.5, 0.6) is 11.6 Å². The minimum Gasteiger partial charge on any atom is -0.493 e. The second-order valence-corrected chi connectivity index (χ2v) is 6.26. The lowest BCUT2D eigenvalue weighted by molar-refractivity contribution is 0.341. The number of benzene rings is 2. The van der Waals surface area contributed by atoms with Crippen LogP contribution in [0.3, 0.4) is 0 Å². The van der Waals surface area contributed by atoms with Crippen molar-refractivity contribution in [2.75, 3.05) is 6.61 Å². The molecule has 3 aromatic rings. The second kappa shape index (κ2) is 8.85. The van der Waals surface area contributed by atoms with Crippen molar-refractivity contribution in [3.05, 3.63) is 81.6 Å². The van der Waals surface area contributed by atoms with Gasteiger partial charge in [0.25, 0.3) is 5.56 Å². The number of aromatic hydroxyl groups is 1. The van der Waals surface area contributed by atoms with Gasteiger partial charge in [-0.1, -0.05) is 42.5 Å². The van der Waals surface area contributed by atoms with Crippen LogP contribution in [-0.4, -0.2) is 16.3 Å². The third-order valence-electron chi connectivity index (χ3n) is 4.38. The predicted octanol–water partition coefficient (Wildman–Crippen LogP) is 4.60. The normalized spacial score (nSPS) is 10.8. The van der Waals surface area contributed by atoms with E-state index in [0.29, 0.717) is 18.0 Å². The first-order valence-corrected chi connectivity index (χ1v) is 9.10. The number of para-hydroxylation sites is 1. The van der Waals surface area contributed by atoms with E-state index in [4.69, 9.17) is 4.74 Å². The molecule has 2 aromatic carbocycles. The van der Waals surface area contributed by atoms with Gasteiger partial charge in [-0.3, -0.25) is 9.36 Å². The molecule has 1 aromatic heterocycles. The van der Waals surface area contributed by atoms with Crippen LogP contribution in [0, 0.1) is 18.3 Å². The van der Waals surface area contributed by atoms with E-state index in [2.05, 4.69) is 10.2 Å². The van der Waals surface area contributed by atoms with E-state index < -0.39 is 5.56 Å². The molecule has 3 rings (SSSR count). The Balaban J connectivity index is 2.11. The van der Waals surface area contributed by atoms with Crippen LogP contribution in [0.2, 0.25) is 0 Å². The van der Waals surface area contributed by atoms with E-state index in [1.54, 1.807) is 25.1 Å². The molecule has 1 N–H and O–H groups in total. The van der Waals surface area contributed by atoms with Crippen LogP contribution < -0.4 is 10.3 Å². The van der Waals surface area contributed by atoms with Gasteiger partial charge < -0.3 is 9.84 Å². The van der Waals surface area contributed by atoms with Crippen molar-refractivity contribution >= 4 is 11.4 Å². The van der Waals surface area contributed by atoms with E-state index >= 15 is 0 Å². The van der Waals surface area contributed by atoms with E-state index in [1.165, 1.54) is 0 Å². The molecule has 7 heteroatoms. The maximum absolute atomic E-state index is 13.0. The minimum atomic E-state index is -0.527. The number of nitrogens with zero attached hydrogens (tertiary/aromatic N) is 4. The Morgan fingerprint density at radius 3 is 2.48 bits per heavy atom. The van der Waals surface area contributed by atoms with Crippen molar-refractivity contribution in [1.82, 2.24) is 4.57 Å². The molecule has 0 saturated heterocycles. The van der Waals surface area contributed by atoms with Gasteiger partial charge in [-0.2, -0.15) is 5.26 Å². The Kier molecular flexibility index (Phi) is 6.05. The minimum absolute atomic E-state index is 0.00147. The fraction of sp³-hybridized carbons (Fsp3) is 0.182. The van der Waals surface area contributed by atoms with Gasteiger partial charge >= 0.3 is 0 Å². The molecule has 0 amide bonds. The molecule has 1 heterocycles. The van der Waals surface area contributed by atoms with E-state index in [9.17, 15) is 15.2 Å². The summed E-state index contributed by atoms with van der Waals surface area (Å²) in [4.78, 5) is 13.0. The SMILES string of the molecule is CCOc1ccccc1N=Nc1c(C)c(C#N)c(O)n(Cc2ccccc2)c1=O. The molecular formula is C22H20N4O3. The summed E-state index contributed by atoms with van der Waals surface area (Å²) in [6.45, 7) is 4.00. The van der Waals surface area contributed by atoms with Gasteiger partial charge in [0.15, 0.2) is 5.69 Å². The molecule has 7 nitrogen and oxygen atoms in total. The lowest BCUT2D eigenvalue weighted by Gasteiger charge is -2.13. The van der Waals surface area contributed by atoms with E-state index in [1.807, 2.05) is 49.4 Å². The molecule has 0 fully saturated rings. The van der Waals surface area contributed by atoms with Gasteiger partial charge in [0.1, 0.15) is 23.1 Å². The number of ether oxygens (including phenoxy) is 1. The lowest BCUT2D eigenvalue weighted by Crippen LogP contribution is -2.22. The zero-order valence-electron chi connectivity index (χ0n) is 16.2. The maximum atomic E-state index is 13.0. The summed E-state index contributed by atoms with van der Waals surface area (Å²) >= 11 is 0. The van der Waals surface area contributed by atoms with E-state index in [0.717, 1.165) is 10.1 Å². The van der Waals surface area contributed by atoms with Gasteiger partial charge in [0, 0.05) is 5.56 Å². The molecule has 0 bridgehead atoms. The Bertz CT molecular complexity index is 1150. The predicted molar refractivity (Wildman–Crippen MR) is 109 cm³/mol. The Hall–Kier alpha value is -3.92. The number of hydrogen-bond donors (Lipinski definition) is 1. The molecule has 0 atom stereocenters. The molecule has 0 aliphatic heterocycles. The van der Waals surface area contributed by atoms with Crippen molar-refractivity contribution in [2.24, 2.45) is 10.2 Å². The van der Waals surface area contributed by atoms with Gasteiger partial charge in [-0.15, -0.1) is 10.2 Å². The number of rotatable bonds is 6. The molecule has 146 valence electrons. The highest BCUT2D eigenvalue weighted by atomic mass is 16.5. The Morgan fingerprint density at radius 1 is 1.10 bits per heavy atom. The van der Waals surface area contributed by atoms with Crippen LogP contribution in [0.15, 0.2) is 69.6 Å². The van der Waals surface area contributed by atoms with Crippen molar-refractivity contribution in [1.29, 1.82) is 5.26 Å². The summed E-state index contributed by atoms with van der Waals surface area (Å²) in [5, 5.41) is 28.3. The Labute approximate surface area is 168 Å². The van der Waals surface area contributed by atoms with Gasteiger partial charge in [-0.05, 0) is 31.5 Å². The van der Waals surface area contributed by atoms with Crippen molar-refractivity contribution in [3.8, 4) is 17.7 Å². The highest BCUT2D eigenvalue weighted by Crippen LogP contribution is 2.31. The van der Waals surface area contributed by atoms with Crippen molar-refractivity contribution in [3.63, 3.8) is 0 Å². The van der Waals surface area contributed by atoms with Gasteiger partial charge in [0.05, 0.1) is 13.2 Å². The molecule has 29 heavy (non-hydrogen) atoms. The molecule has 0 unspecified atom stereocenters. The number of pyridine rings is 1. The summed E-state index contributed by atoms with van der Waals surface area (Å²) in [7, 11) is 0. The Morgan fingerprint density at radius 2 is 1.79 bits per heavy atom. The summed E-state index contributed by atoms with van der Waals surface area (Å²) in [6.07, 6.45) is 0. The second-order valence-electron chi connectivity index (χ2n) is 6.26. The highest BCUT2D eigenvalue weighted by Gasteiger charge is 2.19. The number of aromatic nitrogens is 1. The fourth-order valence-electron chi connectivity index (χ4n) is 2.89. The average molecular weight is 388 g/mol. The number of azo groups is 1. The molecule has 0 aliphatic carbocycles. The summed E-state index contributed by atoms with van der Waals surface area (Å²) in [5.74, 6) is 0.160.